The Bertz CT molecular complexity index is 1450. The first-order valence-corrected chi connectivity index (χ1v) is 12.1. The molecule has 6 nitrogen and oxygen atoms in total. The second kappa shape index (κ2) is 11.2. The number of methoxy groups -OCH3 is 1. The number of hydrogen-bond donors (Lipinski definition) is 3. The van der Waals surface area contributed by atoms with E-state index in [-0.39, 0.29) is 6.61 Å². The molecule has 5 rings (SSSR count). The lowest BCUT2D eigenvalue weighted by Gasteiger charge is -2.16. The molecule has 6 heteroatoms. The third-order valence-electron chi connectivity index (χ3n) is 6.12. The second-order valence-corrected chi connectivity index (χ2v) is 8.56. The highest BCUT2D eigenvalue weighted by Crippen LogP contribution is 2.36. The summed E-state index contributed by atoms with van der Waals surface area (Å²) in [5, 5.41) is 15.9. The van der Waals surface area contributed by atoms with E-state index in [1.54, 1.807) is 7.11 Å². The van der Waals surface area contributed by atoms with Gasteiger partial charge >= 0.3 is 0 Å². The van der Waals surface area contributed by atoms with Gasteiger partial charge in [0.2, 0.25) is 0 Å². The summed E-state index contributed by atoms with van der Waals surface area (Å²) < 4.78 is 17.6. The molecule has 1 atom stereocenters. The van der Waals surface area contributed by atoms with Crippen molar-refractivity contribution in [3.05, 3.63) is 91.0 Å². The summed E-state index contributed by atoms with van der Waals surface area (Å²) in [5.41, 5.74) is 4.06. The summed E-state index contributed by atoms with van der Waals surface area (Å²) >= 11 is 0. The van der Waals surface area contributed by atoms with E-state index < -0.39 is 6.10 Å². The largest absolute Gasteiger partial charge is 0.496 e. The van der Waals surface area contributed by atoms with Gasteiger partial charge in [0.05, 0.1) is 12.6 Å². The van der Waals surface area contributed by atoms with Crippen molar-refractivity contribution in [3.8, 4) is 28.4 Å². The molecular formula is C30H30N2O4. The maximum atomic E-state index is 10.5. The molecule has 5 aromatic rings. The van der Waals surface area contributed by atoms with Crippen molar-refractivity contribution in [2.24, 2.45) is 0 Å². The number of aromatic nitrogens is 1. The molecule has 0 fully saturated rings. The van der Waals surface area contributed by atoms with Crippen LogP contribution in [0.2, 0.25) is 0 Å². The van der Waals surface area contributed by atoms with E-state index in [0.717, 1.165) is 50.2 Å². The third-order valence-corrected chi connectivity index (χ3v) is 6.12. The summed E-state index contributed by atoms with van der Waals surface area (Å²) in [5.74, 6) is 2.36. The van der Waals surface area contributed by atoms with Crippen LogP contribution in [0, 0.1) is 0 Å². The van der Waals surface area contributed by atoms with E-state index >= 15 is 0 Å². The second-order valence-electron chi connectivity index (χ2n) is 8.56. The lowest BCUT2D eigenvalue weighted by atomic mass is 10.0. The molecule has 0 bridgehead atoms. The molecule has 0 aliphatic rings. The van der Waals surface area contributed by atoms with Crippen LogP contribution in [0.5, 0.6) is 17.2 Å². The van der Waals surface area contributed by atoms with Crippen LogP contribution in [-0.4, -0.2) is 49.6 Å². The highest BCUT2D eigenvalue weighted by molar-refractivity contribution is 6.10. The molecule has 1 heterocycles. The Morgan fingerprint density at radius 1 is 0.750 bits per heavy atom. The summed E-state index contributed by atoms with van der Waals surface area (Å²) in [6, 6.07) is 29.9. The molecule has 1 aromatic heterocycles. The van der Waals surface area contributed by atoms with Gasteiger partial charge in [-0.15, -0.1) is 0 Å². The van der Waals surface area contributed by atoms with Crippen molar-refractivity contribution in [2.75, 3.05) is 33.4 Å². The molecule has 0 spiro atoms. The Morgan fingerprint density at radius 3 is 2.25 bits per heavy atom. The first kappa shape index (κ1) is 23.7. The Hall–Kier alpha value is -4.00. The first-order chi connectivity index (χ1) is 17.7. The fourth-order valence-corrected chi connectivity index (χ4v) is 4.42. The lowest BCUT2D eigenvalue weighted by Crippen LogP contribution is -2.33. The molecule has 184 valence electrons. The van der Waals surface area contributed by atoms with Gasteiger partial charge in [0.25, 0.3) is 0 Å². The van der Waals surface area contributed by atoms with Crippen LogP contribution >= 0.6 is 0 Å². The van der Waals surface area contributed by atoms with E-state index in [0.29, 0.717) is 19.7 Å². The first-order valence-electron chi connectivity index (χ1n) is 12.1. The van der Waals surface area contributed by atoms with Gasteiger partial charge in [-0.05, 0) is 30.3 Å². The van der Waals surface area contributed by atoms with E-state index in [2.05, 4.69) is 22.4 Å². The number of para-hydroxylation sites is 3. The topological polar surface area (TPSA) is 75.7 Å². The van der Waals surface area contributed by atoms with Gasteiger partial charge in [0.15, 0.2) is 0 Å². The third kappa shape index (κ3) is 5.15. The predicted molar refractivity (Wildman–Crippen MR) is 144 cm³/mol. The number of aliphatic hydroxyl groups is 1. The maximum absolute atomic E-state index is 10.5. The standard InChI is InChI=1S/C30H30N2O4/c1-34-27-14-6-3-9-22(27)23-10-4-7-15-28(23)35-18-17-31-19-21(33)20-36-29-16-8-13-26-30(29)24-11-2-5-12-25(24)32-26/h2-16,21,31-33H,17-20H2,1H3. The number of aliphatic hydroxyl groups excluding tert-OH is 1. The SMILES string of the molecule is COc1ccccc1-c1ccccc1OCCNCC(O)COc1cccc2[nH]c3ccccc3c12. The number of fused-ring (bicyclic) bond motifs is 3. The van der Waals surface area contributed by atoms with Crippen LogP contribution in [0.25, 0.3) is 32.9 Å². The molecule has 0 amide bonds. The Balaban J connectivity index is 1.12. The summed E-state index contributed by atoms with van der Waals surface area (Å²) in [6.45, 7) is 1.66. The number of benzene rings is 4. The number of hydrogen-bond acceptors (Lipinski definition) is 5. The summed E-state index contributed by atoms with van der Waals surface area (Å²) in [6.07, 6.45) is -0.647. The van der Waals surface area contributed by atoms with Crippen LogP contribution in [-0.2, 0) is 0 Å². The average Bonchev–Trinajstić information content (AvgIpc) is 3.31. The van der Waals surface area contributed by atoms with Crippen LogP contribution in [0.1, 0.15) is 0 Å². The highest BCUT2D eigenvalue weighted by Gasteiger charge is 2.12. The number of aromatic amines is 1. The molecule has 0 saturated carbocycles. The van der Waals surface area contributed by atoms with Gasteiger partial charge in [-0.2, -0.15) is 0 Å². The van der Waals surface area contributed by atoms with Crippen molar-refractivity contribution >= 4 is 21.8 Å². The van der Waals surface area contributed by atoms with E-state index in [1.165, 1.54) is 0 Å². The molecule has 0 aliphatic heterocycles. The fourth-order valence-electron chi connectivity index (χ4n) is 4.42. The Kier molecular flexibility index (Phi) is 7.36. The Morgan fingerprint density at radius 2 is 1.42 bits per heavy atom. The van der Waals surface area contributed by atoms with Gasteiger partial charge in [0.1, 0.15) is 36.6 Å². The fraction of sp³-hybridized carbons (Fsp3) is 0.200. The number of ether oxygens (including phenoxy) is 3. The quantitative estimate of drug-likeness (QED) is 0.220. The average molecular weight is 483 g/mol. The molecule has 3 N–H and O–H groups in total. The smallest absolute Gasteiger partial charge is 0.129 e. The molecule has 0 radical (unpaired) electrons. The van der Waals surface area contributed by atoms with Crippen molar-refractivity contribution in [1.29, 1.82) is 0 Å². The van der Waals surface area contributed by atoms with Gasteiger partial charge in [-0.3, -0.25) is 0 Å². The van der Waals surface area contributed by atoms with Crippen LogP contribution in [0.4, 0.5) is 0 Å². The van der Waals surface area contributed by atoms with E-state index in [9.17, 15) is 5.11 Å². The van der Waals surface area contributed by atoms with Gasteiger partial charge in [-0.1, -0.05) is 60.7 Å². The normalized spacial score (nSPS) is 12.1. The van der Waals surface area contributed by atoms with Gasteiger partial charge in [-0.25, -0.2) is 0 Å². The summed E-state index contributed by atoms with van der Waals surface area (Å²) in [7, 11) is 1.67. The van der Waals surface area contributed by atoms with Gasteiger partial charge < -0.3 is 29.6 Å². The van der Waals surface area contributed by atoms with Crippen molar-refractivity contribution in [1.82, 2.24) is 10.3 Å². The molecule has 0 aliphatic carbocycles. The van der Waals surface area contributed by atoms with Crippen LogP contribution in [0.15, 0.2) is 91.0 Å². The Labute approximate surface area is 210 Å². The maximum Gasteiger partial charge on any atom is 0.129 e. The van der Waals surface area contributed by atoms with Crippen LogP contribution in [0.3, 0.4) is 0 Å². The van der Waals surface area contributed by atoms with E-state index in [1.807, 2.05) is 78.9 Å². The molecule has 4 aromatic carbocycles. The zero-order chi connectivity index (χ0) is 24.7. The number of nitrogens with one attached hydrogen (secondary N) is 2. The number of H-pyrrole nitrogens is 1. The minimum Gasteiger partial charge on any atom is -0.496 e. The monoisotopic (exact) mass is 482 g/mol. The number of rotatable bonds is 11. The minimum atomic E-state index is -0.647. The zero-order valence-corrected chi connectivity index (χ0v) is 20.2. The van der Waals surface area contributed by atoms with Crippen LogP contribution < -0.4 is 19.5 Å². The predicted octanol–water partition coefficient (Wildman–Crippen LogP) is 5.41. The van der Waals surface area contributed by atoms with Crippen molar-refractivity contribution < 1.29 is 19.3 Å². The highest BCUT2D eigenvalue weighted by atomic mass is 16.5. The molecular weight excluding hydrogens is 452 g/mol. The summed E-state index contributed by atoms with van der Waals surface area (Å²) in [4.78, 5) is 3.41. The molecule has 1 unspecified atom stereocenters. The molecule has 0 saturated heterocycles. The minimum absolute atomic E-state index is 0.198. The van der Waals surface area contributed by atoms with Gasteiger partial charge in [0, 0.05) is 40.5 Å². The molecule has 36 heavy (non-hydrogen) atoms. The van der Waals surface area contributed by atoms with E-state index in [4.69, 9.17) is 14.2 Å². The lowest BCUT2D eigenvalue weighted by molar-refractivity contribution is 0.106. The zero-order valence-electron chi connectivity index (χ0n) is 20.2. The van der Waals surface area contributed by atoms with Crippen molar-refractivity contribution in [2.45, 2.75) is 6.10 Å². The van der Waals surface area contributed by atoms with Crippen molar-refractivity contribution in [3.63, 3.8) is 0 Å².